The molecule has 0 aliphatic rings. The van der Waals surface area contributed by atoms with Gasteiger partial charge >= 0.3 is 0 Å². The molecule has 106 valence electrons. The number of rotatable bonds is 3. The summed E-state index contributed by atoms with van der Waals surface area (Å²) in [6.07, 6.45) is 0. The smallest absolute Gasteiger partial charge is 0.277 e. The van der Waals surface area contributed by atoms with Crippen molar-refractivity contribution < 1.29 is 9.13 Å². The van der Waals surface area contributed by atoms with Crippen LogP contribution in [0.2, 0.25) is 0 Å². The van der Waals surface area contributed by atoms with E-state index in [1.807, 2.05) is 0 Å². The lowest BCUT2D eigenvalue weighted by molar-refractivity contribution is 0.404. The second kappa shape index (κ2) is 5.32. The summed E-state index contributed by atoms with van der Waals surface area (Å²) in [5, 5.41) is 8.35. The minimum atomic E-state index is -0.396. The zero-order chi connectivity index (χ0) is 14.8. The number of nitrogens with zero attached hydrogens (tertiary/aromatic N) is 3. The van der Waals surface area contributed by atoms with Crippen molar-refractivity contribution in [2.24, 2.45) is 0 Å². The SMILES string of the molecule is COc1ccc(F)cc1Cn1nnc2ccccc2c1=O. The molecule has 5 nitrogen and oxygen atoms in total. The minimum absolute atomic E-state index is 0.0948. The lowest BCUT2D eigenvalue weighted by Crippen LogP contribution is -2.25. The van der Waals surface area contributed by atoms with Crippen LogP contribution in [0.25, 0.3) is 10.9 Å². The molecule has 0 fully saturated rings. The molecule has 0 N–H and O–H groups in total. The predicted molar refractivity (Wildman–Crippen MR) is 75.9 cm³/mol. The summed E-state index contributed by atoms with van der Waals surface area (Å²) >= 11 is 0. The highest BCUT2D eigenvalue weighted by molar-refractivity contribution is 5.76. The zero-order valence-electron chi connectivity index (χ0n) is 11.3. The van der Waals surface area contributed by atoms with E-state index in [1.54, 1.807) is 24.3 Å². The van der Waals surface area contributed by atoms with Crippen molar-refractivity contribution in [2.45, 2.75) is 6.54 Å². The Balaban J connectivity index is 2.08. The largest absolute Gasteiger partial charge is 0.496 e. The van der Waals surface area contributed by atoms with Crippen molar-refractivity contribution in [1.82, 2.24) is 15.0 Å². The fourth-order valence-corrected chi connectivity index (χ4v) is 2.16. The molecule has 0 bridgehead atoms. The molecule has 0 aliphatic heterocycles. The van der Waals surface area contributed by atoms with E-state index < -0.39 is 5.82 Å². The molecule has 0 saturated carbocycles. The number of aromatic nitrogens is 3. The van der Waals surface area contributed by atoms with Crippen molar-refractivity contribution in [2.75, 3.05) is 7.11 Å². The van der Waals surface area contributed by atoms with Crippen molar-refractivity contribution in [3.63, 3.8) is 0 Å². The number of hydrogen-bond donors (Lipinski definition) is 0. The number of halogens is 1. The van der Waals surface area contributed by atoms with Crippen molar-refractivity contribution in [1.29, 1.82) is 0 Å². The fraction of sp³-hybridized carbons (Fsp3) is 0.133. The topological polar surface area (TPSA) is 57.0 Å². The molecular weight excluding hydrogens is 273 g/mol. The first-order valence-electron chi connectivity index (χ1n) is 6.34. The van der Waals surface area contributed by atoms with Crippen LogP contribution in [0, 0.1) is 5.82 Å². The highest BCUT2D eigenvalue weighted by Gasteiger charge is 2.10. The van der Waals surface area contributed by atoms with Gasteiger partial charge in [0.1, 0.15) is 17.1 Å². The van der Waals surface area contributed by atoms with E-state index in [2.05, 4.69) is 10.3 Å². The molecule has 1 heterocycles. The average molecular weight is 285 g/mol. The molecule has 0 saturated heterocycles. The van der Waals surface area contributed by atoms with Crippen LogP contribution < -0.4 is 10.3 Å². The second-order valence-corrected chi connectivity index (χ2v) is 4.53. The number of ether oxygens (including phenoxy) is 1. The van der Waals surface area contributed by atoms with Crippen molar-refractivity contribution in [3.05, 3.63) is 64.2 Å². The Morgan fingerprint density at radius 1 is 1.24 bits per heavy atom. The van der Waals surface area contributed by atoms with Gasteiger partial charge in [0.05, 0.1) is 19.0 Å². The Morgan fingerprint density at radius 3 is 2.86 bits per heavy atom. The van der Waals surface area contributed by atoms with Gasteiger partial charge in [-0.1, -0.05) is 17.3 Å². The van der Waals surface area contributed by atoms with Gasteiger partial charge in [0.25, 0.3) is 5.56 Å². The first-order chi connectivity index (χ1) is 10.2. The summed E-state index contributed by atoms with van der Waals surface area (Å²) in [4.78, 5) is 12.3. The molecule has 0 unspecified atom stereocenters. The quantitative estimate of drug-likeness (QED) is 0.738. The van der Waals surface area contributed by atoms with E-state index in [4.69, 9.17) is 4.74 Å². The van der Waals surface area contributed by atoms with Crippen LogP contribution in [0.1, 0.15) is 5.56 Å². The zero-order valence-corrected chi connectivity index (χ0v) is 11.3. The molecule has 0 spiro atoms. The van der Waals surface area contributed by atoms with E-state index in [9.17, 15) is 9.18 Å². The number of fused-ring (bicyclic) bond motifs is 1. The van der Waals surface area contributed by atoms with Crippen molar-refractivity contribution >= 4 is 10.9 Å². The third kappa shape index (κ3) is 2.47. The van der Waals surface area contributed by atoms with Crippen LogP contribution >= 0.6 is 0 Å². The Kier molecular flexibility index (Phi) is 3.35. The van der Waals surface area contributed by atoms with Gasteiger partial charge in [0.2, 0.25) is 0 Å². The maximum absolute atomic E-state index is 13.4. The summed E-state index contributed by atoms with van der Waals surface area (Å²) in [6, 6.07) is 11.1. The Labute approximate surface area is 119 Å². The van der Waals surface area contributed by atoms with Gasteiger partial charge in [-0.05, 0) is 30.3 Å². The third-order valence-corrected chi connectivity index (χ3v) is 3.19. The lowest BCUT2D eigenvalue weighted by Gasteiger charge is -2.09. The van der Waals surface area contributed by atoms with Crippen LogP contribution in [0.3, 0.4) is 0 Å². The van der Waals surface area contributed by atoms with Gasteiger partial charge in [0.15, 0.2) is 0 Å². The van der Waals surface area contributed by atoms with Gasteiger partial charge in [-0.15, -0.1) is 5.10 Å². The summed E-state index contributed by atoms with van der Waals surface area (Å²) in [6.45, 7) is 0.0948. The Hall–Kier alpha value is -2.76. The molecule has 21 heavy (non-hydrogen) atoms. The maximum Gasteiger partial charge on any atom is 0.277 e. The summed E-state index contributed by atoms with van der Waals surface area (Å²) < 4.78 is 19.7. The van der Waals surface area contributed by atoms with E-state index in [1.165, 1.54) is 30.0 Å². The van der Waals surface area contributed by atoms with Gasteiger partial charge < -0.3 is 4.74 Å². The Bertz CT molecular complexity index is 861. The van der Waals surface area contributed by atoms with E-state index in [0.29, 0.717) is 22.2 Å². The number of hydrogen-bond acceptors (Lipinski definition) is 4. The lowest BCUT2D eigenvalue weighted by atomic mass is 10.2. The van der Waals surface area contributed by atoms with Crippen molar-refractivity contribution in [3.8, 4) is 5.75 Å². The first-order valence-corrected chi connectivity index (χ1v) is 6.34. The van der Waals surface area contributed by atoms with Crippen LogP contribution in [-0.4, -0.2) is 22.1 Å². The van der Waals surface area contributed by atoms with Crippen LogP contribution in [0.5, 0.6) is 5.75 Å². The van der Waals surface area contributed by atoms with Gasteiger partial charge in [-0.25, -0.2) is 9.07 Å². The number of benzene rings is 2. The van der Waals surface area contributed by atoms with Gasteiger partial charge in [0, 0.05) is 5.56 Å². The monoisotopic (exact) mass is 285 g/mol. The summed E-state index contributed by atoms with van der Waals surface area (Å²) in [5.74, 6) is 0.103. The molecule has 0 aliphatic carbocycles. The molecule has 0 amide bonds. The molecule has 0 atom stereocenters. The normalized spacial score (nSPS) is 10.8. The van der Waals surface area contributed by atoms with E-state index in [-0.39, 0.29) is 12.1 Å². The highest BCUT2D eigenvalue weighted by atomic mass is 19.1. The van der Waals surface area contributed by atoms with E-state index >= 15 is 0 Å². The molecule has 6 heteroatoms. The van der Waals surface area contributed by atoms with Crippen LogP contribution in [-0.2, 0) is 6.54 Å². The van der Waals surface area contributed by atoms with Gasteiger partial charge in [-0.2, -0.15) is 0 Å². The molecule has 0 radical (unpaired) electrons. The van der Waals surface area contributed by atoms with Gasteiger partial charge in [-0.3, -0.25) is 4.79 Å². The first kappa shape index (κ1) is 13.2. The molecule has 2 aromatic carbocycles. The number of methoxy groups -OCH3 is 1. The Morgan fingerprint density at radius 2 is 2.05 bits per heavy atom. The van der Waals surface area contributed by atoms with Crippen LogP contribution in [0.4, 0.5) is 4.39 Å². The summed E-state index contributed by atoms with van der Waals surface area (Å²) in [5.41, 5.74) is 0.793. The fourth-order valence-electron chi connectivity index (χ4n) is 2.16. The maximum atomic E-state index is 13.4. The summed E-state index contributed by atoms with van der Waals surface area (Å²) in [7, 11) is 1.49. The van der Waals surface area contributed by atoms with E-state index in [0.717, 1.165) is 0 Å². The molecule has 1 aromatic heterocycles. The highest BCUT2D eigenvalue weighted by Crippen LogP contribution is 2.19. The minimum Gasteiger partial charge on any atom is -0.496 e. The molecular formula is C15H12FN3O2. The predicted octanol–water partition coefficient (Wildman–Crippen LogP) is 1.99. The molecule has 3 aromatic rings. The second-order valence-electron chi connectivity index (χ2n) is 4.53. The van der Waals surface area contributed by atoms with Crippen LogP contribution in [0.15, 0.2) is 47.3 Å². The molecule has 3 rings (SSSR count). The standard InChI is InChI=1S/C15H12FN3O2/c1-21-14-7-6-11(16)8-10(14)9-19-15(20)12-4-2-3-5-13(12)17-18-19/h2-8H,9H2,1H3. The average Bonchev–Trinajstić information content (AvgIpc) is 2.51. The third-order valence-electron chi connectivity index (χ3n) is 3.19.